The molecule has 2 aromatic rings. The summed E-state index contributed by atoms with van der Waals surface area (Å²) in [6.07, 6.45) is 1.35. The number of nitrogens with one attached hydrogen (secondary N) is 1. The Morgan fingerprint density at radius 3 is 2.58 bits per heavy atom. The number of methoxy groups -OCH3 is 1. The minimum atomic E-state index is -1.23. The summed E-state index contributed by atoms with van der Waals surface area (Å²) in [4.78, 5) is 22.3. The van der Waals surface area contributed by atoms with E-state index in [-0.39, 0.29) is 5.70 Å². The largest absolute Gasteiger partial charge is 0.493 e. The number of carboxylic acid groups (broad SMARTS) is 1. The lowest BCUT2D eigenvalue weighted by atomic mass is 10.1. The first kappa shape index (κ1) is 19.5. The second-order valence-corrected chi connectivity index (χ2v) is 6.29. The summed E-state index contributed by atoms with van der Waals surface area (Å²) in [6, 6.07) is 12.8. The van der Waals surface area contributed by atoms with E-state index in [2.05, 4.69) is 21.2 Å². The molecular weight excluding hydrogens is 402 g/mol. The fourth-order valence-electron chi connectivity index (χ4n) is 2.19. The van der Waals surface area contributed by atoms with Gasteiger partial charge in [0.2, 0.25) is 5.91 Å². The van der Waals surface area contributed by atoms with E-state index >= 15 is 0 Å². The molecule has 0 atom stereocenters. The van der Waals surface area contributed by atoms with Gasteiger partial charge in [-0.1, -0.05) is 34.1 Å². The van der Waals surface area contributed by atoms with Crippen LogP contribution in [0.25, 0.3) is 6.08 Å². The lowest BCUT2D eigenvalue weighted by Crippen LogP contribution is -2.24. The first-order chi connectivity index (χ1) is 12.4. The van der Waals surface area contributed by atoms with Gasteiger partial charge in [-0.15, -0.1) is 0 Å². The van der Waals surface area contributed by atoms with Crippen molar-refractivity contribution < 1.29 is 24.2 Å². The molecule has 2 N–H and O–H groups in total. The molecule has 1 amide bonds. The number of carboxylic acids is 1. The summed E-state index contributed by atoms with van der Waals surface area (Å²) >= 11 is 3.41. The van der Waals surface area contributed by atoms with Crippen molar-refractivity contribution in [2.24, 2.45) is 0 Å². The van der Waals surface area contributed by atoms with Gasteiger partial charge in [0.25, 0.3) is 0 Å². The second-order valence-electron chi connectivity index (χ2n) is 5.37. The SMILES string of the molecule is COc1cc(C=C(NC(C)=O)C(=O)O)ccc1OCc1cccc(Br)c1. The maximum absolute atomic E-state index is 11.2. The van der Waals surface area contributed by atoms with Crippen molar-refractivity contribution in [2.75, 3.05) is 7.11 Å². The lowest BCUT2D eigenvalue weighted by molar-refractivity contribution is -0.134. The highest BCUT2D eigenvalue weighted by atomic mass is 79.9. The van der Waals surface area contributed by atoms with Crippen molar-refractivity contribution in [2.45, 2.75) is 13.5 Å². The molecule has 0 bridgehead atoms. The maximum atomic E-state index is 11.2. The number of carbonyl (C=O) groups excluding carboxylic acids is 1. The Hall–Kier alpha value is -2.80. The zero-order chi connectivity index (χ0) is 19.1. The Balaban J connectivity index is 2.20. The number of hydrogen-bond donors (Lipinski definition) is 2. The molecular formula is C19H18BrNO5. The monoisotopic (exact) mass is 419 g/mol. The van der Waals surface area contributed by atoms with Crippen LogP contribution in [0, 0.1) is 0 Å². The van der Waals surface area contributed by atoms with Crippen molar-refractivity contribution in [3.05, 3.63) is 63.8 Å². The van der Waals surface area contributed by atoms with Crippen LogP contribution in [-0.2, 0) is 16.2 Å². The van der Waals surface area contributed by atoms with Crippen LogP contribution < -0.4 is 14.8 Å². The van der Waals surface area contributed by atoms with Crippen LogP contribution in [0.5, 0.6) is 11.5 Å². The topological polar surface area (TPSA) is 84.9 Å². The molecule has 0 saturated carbocycles. The molecule has 0 spiro atoms. The molecule has 6 nitrogen and oxygen atoms in total. The van der Waals surface area contributed by atoms with Gasteiger partial charge in [0.05, 0.1) is 7.11 Å². The predicted octanol–water partition coefficient (Wildman–Crippen LogP) is 3.60. The number of halogens is 1. The third kappa shape index (κ3) is 5.63. The number of amides is 1. The molecule has 26 heavy (non-hydrogen) atoms. The van der Waals surface area contributed by atoms with Gasteiger partial charge in [0, 0.05) is 11.4 Å². The summed E-state index contributed by atoms with van der Waals surface area (Å²) in [7, 11) is 1.50. The van der Waals surface area contributed by atoms with Gasteiger partial charge in [0.15, 0.2) is 11.5 Å². The van der Waals surface area contributed by atoms with Gasteiger partial charge >= 0.3 is 5.97 Å². The number of carbonyl (C=O) groups is 2. The number of aliphatic carboxylic acids is 1. The van der Waals surface area contributed by atoms with Gasteiger partial charge in [-0.05, 0) is 41.5 Å². The van der Waals surface area contributed by atoms with E-state index in [1.165, 1.54) is 20.1 Å². The van der Waals surface area contributed by atoms with Gasteiger partial charge in [-0.25, -0.2) is 4.79 Å². The van der Waals surface area contributed by atoms with E-state index in [1.54, 1.807) is 18.2 Å². The quantitative estimate of drug-likeness (QED) is 0.669. The van der Waals surface area contributed by atoms with Crippen LogP contribution in [0.2, 0.25) is 0 Å². The molecule has 2 aromatic carbocycles. The highest BCUT2D eigenvalue weighted by Crippen LogP contribution is 2.29. The fourth-order valence-corrected chi connectivity index (χ4v) is 2.64. The van der Waals surface area contributed by atoms with E-state index < -0.39 is 11.9 Å². The van der Waals surface area contributed by atoms with Crippen LogP contribution in [0.1, 0.15) is 18.1 Å². The average molecular weight is 420 g/mol. The third-order valence-corrected chi connectivity index (χ3v) is 3.82. The predicted molar refractivity (Wildman–Crippen MR) is 101 cm³/mol. The molecule has 0 aliphatic heterocycles. The summed E-state index contributed by atoms with van der Waals surface area (Å²) in [5.74, 6) is -0.698. The van der Waals surface area contributed by atoms with Crippen molar-refractivity contribution in [3.63, 3.8) is 0 Å². The molecule has 0 saturated heterocycles. The molecule has 0 radical (unpaired) electrons. The molecule has 2 rings (SSSR count). The molecule has 0 fully saturated rings. The maximum Gasteiger partial charge on any atom is 0.352 e. The summed E-state index contributed by atoms with van der Waals surface area (Å²) in [5.41, 5.74) is 1.33. The van der Waals surface area contributed by atoms with Gasteiger partial charge in [0.1, 0.15) is 12.3 Å². The first-order valence-electron chi connectivity index (χ1n) is 7.67. The van der Waals surface area contributed by atoms with Crippen molar-refractivity contribution in [1.82, 2.24) is 5.32 Å². The molecule has 0 heterocycles. The van der Waals surface area contributed by atoms with Crippen LogP contribution in [0.3, 0.4) is 0 Å². The molecule has 136 valence electrons. The molecule has 7 heteroatoms. The highest BCUT2D eigenvalue weighted by Gasteiger charge is 2.11. The zero-order valence-electron chi connectivity index (χ0n) is 14.3. The van der Waals surface area contributed by atoms with E-state index in [1.807, 2.05) is 24.3 Å². The fraction of sp³-hybridized carbons (Fsp3) is 0.158. The summed E-state index contributed by atoms with van der Waals surface area (Å²) < 4.78 is 12.1. The van der Waals surface area contributed by atoms with Crippen molar-refractivity contribution in [1.29, 1.82) is 0 Å². The van der Waals surface area contributed by atoms with Gasteiger partial charge < -0.3 is 19.9 Å². The molecule has 0 unspecified atom stereocenters. The lowest BCUT2D eigenvalue weighted by Gasteiger charge is -2.12. The van der Waals surface area contributed by atoms with E-state index in [0.29, 0.717) is 23.7 Å². The summed E-state index contributed by atoms with van der Waals surface area (Å²) in [6.45, 7) is 1.60. The Morgan fingerprint density at radius 2 is 1.96 bits per heavy atom. The average Bonchev–Trinajstić information content (AvgIpc) is 2.59. The van der Waals surface area contributed by atoms with Gasteiger partial charge in [-0.2, -0.15) is 0 Å². The first-order valence-corrected chi connectivity index (χ1v) is 8.46. The minimum Gasteiger partial charge on any atom is -0.493 e. The second kappa shape index (κ2) is 9.05. The van der Waals surface area contributed by atoms with Gasteiger partial charge in [-0.3, -0.25) is 4.79 Å². The molecule has 0 aromatic heterocycles. The number of ether oxygens (including phenoxy) is 2. The minimum absolute atomic E-state index is 0.220. The number of benzene rings is 2. The van der Waals surface area contributed by atoms with E-state index in [9.17, 15) is 9.59 Å². The normalized spacial score (nSPS) is 11.0. The zero-order valence-corrected chi connectivity index (χ0v) is 15.9. The summed E-state index contributed by atoms with van der Waals surface area (Å²) in [5, 5.41) is 11.4. The van der Waals surface area contributed by atoms with Crippen molar-refractivity contribution in [3.8, 4) is 11.5 Å². The Kier molecular flexibility index (Phi) is 6.80. The Bertz CT molecular complexity index is 848. The number of rotatable bonds is 7. The Morgan fingerprint density at radius 1 is 1.19 bits per heavy atom. The standard InChI is InChI=1S/C19H18BrNO5/c1-12(22)21-16(19(23)24)9-13-6-7-17(18(10-13)25-2)26-11-14-4-3-5-15(20)8-14/h3-10H,11H2,1-2H3,(H,21,22)(H,23,24). The third-order valence-electron chi connectivity index (χ3n) is 3.32. The van der Waals surface area contributed by atoms with Crippen molar-refractivity contribution >= 4 is 33.9 Å². The van der Waals surface area contributed by atoms with Crippen LogP contribution in [0.15, 0.2) is 52.6 Å². The smallest absolute Gasteiger partial charge is 0.352 e. The van der Waals surface area contributed by atoms with Crippen LogP contribution in [-0.4, -0.2) is 24.1 Å². The molecule has 0 aliphatic carbocycles. The van der Waals surface area contributed by atoms with E-state index in [4.69, 9.17) is 14.6 Å². The molecule has 0 aliphatic rings. The Labute approximate surface area is 159 Å². The van der Waals surface area contributed by atoms with Crippen LogP contribution in [0.4, 0.5) is 0 Å². The number of hydrogen-bond acceptors (Lipinski definition) is 4. The highest BCUT2D eigenvalue weighted by molar-refractivity contribution is 9.10. The van der Waals surface area contributed by atoms with E-state index in [0.717, 1.165) is 10.0 Å². The van der Waals surface area contributed by atoms with Crippen LogP contribution >= 0.6 is 15.9 Å².